The van der Waals surface area contributed by atoms with Gasteiger partial charge in [0.05, 0.1) is 29.7 Å². The van der Waals surface area contributed by atoms with Crippen LogP contribution in [0.1, 0.15) is 30.1 Å². The number of thioether (sulfide) groups is 1. The summed E-state index contributed by atoms with van der Waals surface area (Å²) in [5.41, 5.74) is 1.95. The fraction of sp³-hybridized carbons (Fsp3) is 0.320. The first kappa shape index (κ1) is 22.0. The summed E-state index contributed by atoms with van der Waals surface area (Å²) in [5.74, 6) is 2.84. The van der Waals surface area contributed by atoms with Crippen LogP contribution >= 0.6 is 11.8 Å². The summed E-state index contributed by atoms with van der Waals surface area (Å²) >= 11 is 1.60. The smallest absolute Gasteiger partial charge is 0.262 e. The van der Waals surface area contributed by atoms with E-state index in [1.54, 1.807) is 23.4 Å². The number of hydrogen-bond donors (Lipinski definition) is 0. The maximum atomic E-state index is 12.7. The molecule has 2 aromatic carbocycles. The molecule has 5 aromatic rings. The number of fused-ring (bicyclic) bond motifs is 3. The molecule has 9 nitrogen and oxygen atoms in total. The molecule has 0 N–H and O–H groups in total. The van der Waals surface area contributed by atoms with Crippen LogP contribution < -0.4 is 5.56 Å². The van der Waals surface area contributed by atoms with Crippen LogP contribution in [0.2, 0.25) is 0 Å². The highest BCUT2D eigenvalue weighted by Crippen LogP contribution is 2.25. The predicted octanol–water partition coefficient (Wildman–Crippen LogP) is 3.11. The largest absolute Gasteiger partial charge is 0.300 e. The fourth-order valence-electron chi connectivity index (χ4n) is 4.72. The van der Waals surface area contributed by atoms with Gasteiger partial charge in [-0.1, -0.05) is 54.2 Å². The van der Waals surface area contributed by atoms with E-state index < -0.39 is 0 Å². The van der Waals surface area contributed by atoms with E-state index in [4.69, 9.17) is 0 Å². The van der Waals surface area contributed by atoms with Gasteiger partial charge in [-0.15, -0.1) is 20.4 Å². The first-order valence-corrected chi connectivity index (χ1v) is 12.8. The Morgan fingerprint density at radius 2 is 1.60 bits per heavy atom. The van der Waals surface area contributed by atoms with Crippen LogP contribution in [0.15, 0.2) is 64.5 Å². The highest BCUT2D eigenvalue weighted by atomic mass is 32.2. The average Bonchev–Trinajstić information content (AvgIpc) is 3.64. The Labute approximate surface area is 206 Å². The lowest BCUT2D eigenvalue weighted by Crippen LogP contribution is -2.21. The summed E-state index contributed by atoms with van der Waals surface area (Å²) in [4.78, 5) is 15.2. The van der Waals surface area contributed by atoms with E-state index in [1.165, 1.54) is 18.4 Å². The molecular weight excluding hydrogens is 460 g/mol. The monoisotopic (exact) mass is 486 g/mol. The maximum Gasteiger partial charge on any atom is 0.262 e. The van der Waals surface area contributed by atoms with E-state index in [0.29, 0.717) is 16.9 Å². The molecule has 0 bridgehead atoms. The molecule has 0 aliphatic carbocycles. The van der Waals surface area contributed by atoms with Gasteiger partial charge in [0, 0.05) is 7.05 Å². The maximum absolute atomic E-state index is 12.7. The molecule has 0 amide bonds. The Balaban J connectivity index is 1.34. The Morgan fingerprint density at radius 1 is 0.857 bits per heavy atom. The number of hydrogen-bond acceptors (Lipinski definition) is 7. The lowest BCUT2D eigenvalue weighted by Gasteiger charge is -2.16. The third-order valence-electron chi connectivity index (χ3n) is 6.56. The summed E-state index contributed by atoms with van der Waals surface area (Å²) in [6.45, 7) is 3.74. The number of aryl methyl sites for hydroxylation is 1. The predicted molar refractivity (Wildman–Crippen MR) is 135 cm³/mol. The third kappa shape index (κ3) is 4.12. The zero-order valence-corrected chi connectivity index (χ0v) is 20.4. The van der Waals surface area contributed by atoms with Crippen molar-refractivity contribution >= 4 is 28.4 Å². The van der Waals surface area contributed by atoms with Crippen LogP contribution in [0.3, 0.4) is 0 Å². The van der Waals surface area contributed by atoms with Crippen LogP contribution in [0.5, 0.6) is 0 Å². The van der Waals surface area contributed by atoms with Crippen molar-refractivity contribution in [3.05, 3.63) is 82.2 Å². The molecule has 0 unspecified atom stereocenters. The zero-order chi connectivity index (χ0) is 23.8. The molecule has 0 radical (unpaired) electrons. The van der Waals surface area contributed by atoms with E-state index in [0.717, 1.165) is 48.5 Å². The third-order valence-corrected chi connectivity index (χ3v) is 7.53. The standard InChI is InChI=1S/C25H26N8OS/c1-30-23(34)19-11-5-6-12-20(19)33-22(27-28-24(30)33)17-35-25-29-26-21(16-31-13-7-8-14-31)32(25)15-18-9-3-2-4-10-18/h2-6,9-12H,7-8,13-17H2,1H3. The van der Waals surface area contributed by atoms with Gasteiger partial charge in [-0.05, 0) is 43.6 Å². The molecule has 1 saturated heterocycles. The topological polar surface area (TPSA) is 86.1 Å². The lowest BCUT2D eigenvalue weighted by molar-refractivity contribution is 0.316. The Bertz CT molecular complexity index is 1550. The number of para-hydroxylation sites is 1. The minimum atomic E-state index is -0.0751. The van der Waals surface area contributed by atoms with E-state index in [1.807, 2.05) is 34.7 Å². The quantitative estimate of drug-likeness (QED) is 0.327. The Kier molecular flexibility index (Phi) is 5.83. The molecule has 6 rings (SSSR count). The van der Waals surface area contributed by atoms with Gasteiger partial charge >= 0.3 is 0 Å². The van der Waals surface area contributed by atoms with Gasteiger partial charge < -0.3 is 4.57 Å². The van der Waals surface area contributed by atoms with Crippen molar-refractivity contribution in [1.82, 2.24) is 38.8 Å². The molecular formula is C25H26N8OS. The van der Waals surface area contributed by atoms with Crippen molar-refractivity contribution in [3.63, 3.8) is 0 Å². The van der Waals surface area contributed by atoms with Crippen molar-refractivity contribution < 1.29 is 0 Å². The van der Waals surface area contributed by atoms with Gasteiger partial charge in [-0.2, -0.15) is 0 Å². The average molecular weight is 487 g/mol. The van der Waals surface area contributed by atoms with E-state index >= 15 is 0 Å². The molecule has 1 aliphatic rings. The molecule has 178 valence electrons. The van der Waals surface area contributed by atoms with E-state index in [9.17, 15) is 4.79 Å². The molecule has 1 fully saturated rings. The van der Waals surface area contributed by atoms with Gasteiger partial charge in [0.25, 0.3) is 5.56 Å². The van der Waals surface area contributed by atoms with Gasteiger partial charge in [-0.3, -0.25) is 18.7 Å². The van der Waals surface area contributed by atoms with E-state index in [2.05, 4.69) is 54.1 Å². The van der Waals surface area contributed by atoms with Gasteiger partial charge in [0.2, 0.25) is 5.78 Å². The Hall–Kier alpha value is -3.50. The van der Waals surface area contributed by atoms with Gasteiger partial charge in [0.15, 0.2) is 5.16 Å². The molecule has 0 atom stereocenters. The lowest BCUT2D eigenvalue weighted by atomic mass is 10.2. The number of likely N-dealkylation sites (tertiary alicyclic amines) is 1. The molecule has 0 saturated carbocycles. The summed E-state index contributed by atoms with van der Waals surface area (Å²) in [6.07, 6.45) is 2.48. The van der Waals surface area contributed by atoms with Crippen molar-refractivity contribution in [3.8, 4) is 0 Å². The van der Waals surface area contributed by atoms with Crippen molar-refractivity contribution in [2.24, 2.45) is 7.05 Å². The second-order valence-electron chi connectivity index (χ2n) is 8.88. The normalized spacial score (nSPS) is 14.4. The summed E-state index contributed by atoms with van der Waals surface area (Å²) in [5, 5.41) is 19.4. The fourth-order valence-corrected chi connectivity index (χ4v) is 5.59. The van der Waals surface area contributed by atoms with Crippen LogP contribution in [0.25, 0.3) is 16.7 Å². The summed E-state index contributed by atoms with van der Waals surface area (Å²) in [7, 11) is 1.73. The van der Waals surface area contributed by atoms with Crippen LogP contribution in [-0.4, -0.2) is 51.9 Å². The first-order chi connectivity index (χ1) is 17.2. The van der Waals surface area contributed by atoms with Crippen LogP contribution in [-0.2, 0) is 25.9 Å². The SMILES string of the molecule is Cn1c(=O)c2ccccc2n2c(CSc3nnc(CN4CCCC4)n3Cc3ccccc3)nnc12. The molecule has 4 heterocycles. The van der Waals surface area contributed by atoms with Crippen LogP contribution in [0.4, 0.5) is 0 Å². The minimum absolute atomic E-state index is 0.0751. The van der Waals surface area contributed by atoms with Crippen molar-refractivity contribution in [1.29, 1.82) is 0 Å². The second kappa shape index (κ2) is 9.27. The number of nitrogens with zero attached hydrogens (tertiary/aromatic N) is 8. The molecule has 10 heteroatoms. The number of aromatic nitrogens is 7. The minimum Gasteiger partial charge on any atom is -0.300 e. The summed E-state index contributed by atoms with van der Waals surface area (Å²) < 4.78 is 5.73. The Morgan fingerprint density at radius 3 is 2.43 bits per heavy atom. The second-order valence-corrected chi connectivity index (χ2v) is 9.82. The zero-order valence-electron chi connectivity index (χ0n) is 19.5. The number of benzene rings is 2. The first-order valence-electron chi connectivity index (χ1n) is 11.8. The van der Waals surface area contributed by atoms with Crippen molar-refractivity contribution in [2.75, 3.05) is 13.1 Å². The highest BCUT2D eigenvalue weighted by Gasteiger charge is 2.20. The molecule has 3 aromatic heterocycles. The molecule has 0 spiro atoms. The van der Waals surface area contributed by atoms with Gasteiger partial charge in [-0.25, -0.2) is 0 Å². The van der Waals surface area contributed by atoms with Crippen molar-refractivity contribution in [2.45, 2.75) is 36.8 Å². The molecule has 1 aliphatic heterocycles. The summed E-state index contributed by atoms with van der Waals surface area (Å²) in [6, 6.07) is 18.0. The van der Waals surface area contributed by atoms with Gasteiger partial charge in [0.1, 0.15) is 11.6 Å². The highest BCUT2D eigenvalue weighted by molar-refractivity contribution is 7.98. The molecule has 35 heavy (non-hydrogen) atoms. The van der Waals surface area contributed by atoms with Crippen LogP contribution in [0, 0.1) is 0 Å². The number of rotatable bonds is 7. The van der Waals surface area contributed by atoms with E-state index in [-0.39, 0.29) is 5.56 Å².